The molecule has 234 valence electrons. The number of phenols is 1. The summed E-state index contributed by atoms with van der Waals surface area (Å²) >= 11 is 0. The lowest BCUT2D eigenvalue weighted by molar-refractivity contribution is -0.144. The smallest absolute Gasteiger partial charge is 0.417 e. The van der Waals surface area contributed by atoms with Crippen LogP contribution >= 0.6 is 0 Å². The number of carbonyl (C=O) groups excluding carboxylic acids is 3. The van der Waals surface area contributed by atoms with Gasteiger partial charge in [0, 0.05) is 37.5 Å². The molecule has 1 saturated carbocycles. The Balaban J connectivity index is 1.58. The van der Waals surface area contributed by atoms with Gasteiger partial charge < -0.3 is 30.9 Å². The molecule has 0 spiro atoms. The van der Waals surface area contributed by atoms with Crippen LogP contribution in [0.2, 0.25) is 0 Å². The van der Waals surface area contributed by atoms with Crippen molar-refractivity contribution in [3.05, 3.63) is 51.0 Å². The largest absolute Gasteiger partial charge is 0.511 e. The van der Waals surface area contributed by atoms with Crippen LogP contribution < -0.4 is 5.73 Å². The van der Waals surface area contributed by atoms with Gasteiger partial charge in [0.05, 0.1) is 23.8 Å². The minimum absolute atomic E-state index is 0.0571. The molecular weight excluding hydrogens is 573 g/mol. The molecule has 4 aliphatic carbocycles. The summed E-state index contributed by atoms with van der Waals surface area (Å²) < 4.78 is 49.9. The first-order valence-electron chi connectivity index (χ1n) is 14.3. The number of ketones is 2. The fraction of sp³-hybridized carbons (Fsp3) is 0.567. The maximum absolute atomic E-state index is 14.8. The van der Waals surface area contributed by atoms with Gasteiger partial charge in [0.2, 0.25) is 5.78 Å². The number of allylic oxidation sites excluding steroid dienone is 2. The minimum atomic E-state index is -4.90. The number of nitrogens with zero attached hydrogens (tertiary/aromatic N) is 1. The topological polar surface area (TPSA) is 171 Å². The number of rotatable bonds is 9. The number of halogens is 3. The Labute approximate surface area is 245 Å². The third kappa shape index (κ3) is 5.42. The van der Waals surface area contributed by atoms with Crippen molar-refractivity contribution in [1.82, 2.24) is 4.90 Å². The molecule has 0 heterocycles. The normalized spacial score (nSPS) is 25.8. The Morgan fingerprint density at radius 3 is 2.44 bits per heavy atom. The summed E-state index contributed by atoms with van der Waals surface area (Å²) in [5.41, 5.74) is -1.37. The van der Waals surface area contributed by atoms with Gasteiger partial charge in [0.15, 0.2) is 11.4 Å². The number of nitrogens with two attached hydrogens (primary N) is 1. The highest BCUT2D eigenvalue weighted by molar-refractivity contribution is 6.24. The molecule has 1 fully saturated rings. The summed E-state index contributed by atoms with van der Waals surface area (Å²) in [4.78, 5) is 40.4. The molecule has 0 radical (unpaired) electrons. The molecule has 0 saturated heterocycles. The zero-order valence-corrected chi connectivity index (χ0v) is 23.8. The van der Waals surface area contributed by atoms with Crippen LogP contribution in [0, 0.1) is 17.8 Å². The van der Waals surface area contributed by atoms with Gasteiger partial charge >= 0.3 is 6.18 Å². The molecule has 0 bridgehead atoms. The summed E-state index contributed by atoms with van der Waals surface area (Å²) in [7, 11) is 0. The lowest BCUT2D eigenvalue weighted by Crippen LogP contribution is -2.57. The maximum atomic E-state index is 14.8. The first-order chi connectivity index (χ1) is 20.0. The van der Waals surface area contributed by atoms with Crippen molar-refractivity contribution in [3.8, 4) is 5.75 Å². The van der Waals surface area contributed by atoms with Crippen molar-refractivity contribution < 1.29 is 52.7 Å². The number of alkyl halides is 3. The van der Waals surface area contributed by atoms with Crippen molar-refractivity contribution in [3.63, 3.8) is 0 Å². The van der Waals surface area contributed by atoms with Crippen molar-refractivity contribution in [2.45, 2.75) is 70.4 Å². The standard InChI is InChI=1S/C30H35F3N2O8/c1-13(2)43-6-5-35(11-14-3-4-14)12-16-9-19(36)22-18(24(16)30(31,32)33)8-15-7-17-10-20(37)23(28(34)41)27(40)29(17,42)26(39)21(15)25(22)38/h9,13-15,17,36-37,39,42H,3-8,10-12H2,1-2H3,(H2,34,41)/t15?,17-,29-/m0/s1. The maximum Gasteiger partial charge on any atom is 0.417 e. The second-order valence-corrected chi connectivity index (χ2v) is 12.3. The number of benzene rings is 1. The number of phenolic OH excluding ortho intramolecular Hbond substituents is 1. The van der Waals surface area contributed by atoms with Gasteiger partial charge in [-0.1, -0.05) is 0 Å². The van der Waals surface area contributed by atoms with Crippen molar-refractivity contribution in [1.29, 1.82) is 0 Å². The summed E-state index contributed by atoms with van der Waals surface area (Å²) in [6, 6.07) is 0.915. The molecule has 5 rings (SSSR count). The average molecular weight is 609 g/mol. The number of primary amides is 1. The minimum Gasteiger partial charge on any atom is -0.511 e. The number of amides is 1. The molecule has 1 unspecified atom stereocenters. The molecular formula is C30H35F3N2O8. The van der Waals surface area contributed by atoms with Gasteiger partial charge in [-0.15, -0.1) is 0 Å². The molecule has 13 heteroatoms. The van der Waals surface area contributed by atoms with E-state index < -0.39 is 99.0 Å². The lowest BCUT2D eigenvalue weighted by atomic mass is 9.60. The highest BCUT2D eigenvalue weighted by Gasteiger charge is 2.60. The number of aliphatic hydroxyl groups excluding tert-OH is 2. The van der Waals surface area contributed by atoms with Crippen molar-refractivity contribution >= 4 is 17.5 Å². The van der Waals surface area contributed by atoms with E-state index in [0.717, 1.165) is 18.9 Å². The zero-order valence-electron chi connectivity index (χ0n) is 23.8. The molecule has 1 amide bonds. The first kappa shape index (κ1) is 31.0. The average Bonchev–Trinajstić information content (AvgIpc) is 3.68. The van der Waals surface area contributed by atoms with Crippen LogP contribution in [0.25, 0.3) is 0 Å². The molecule has 1 aromatic carbocycles. The predicted molar refractivity (Wildman–Crippen MR) is 145 cm³/mol. The van der Waals surface area contributed by atoms with Gasteiger partial charge in [-0.2, -0.15) is 13.2 Å². The summed E-state index contributed by atoms with van der Waals surface area (Å²) in [6.07, 6.45) is -4.17. The monoisotopic (exact) mass is 608 g/mol. The molecule has 43 heavy (non-hydrogen) atoms. The Morgan fingerprint density at radius 2 is 1.86 bits per heavy atom. The van der Waals surface area contributed by atoms with E-state index in [1.165, 1.54) is 0 Å². The summed E-state index contributed by atoms with van der Waals surface area (Å²) in [5, 5.41) is 43.7. The number of aromatic hydroxyl groups is 1. The number of Topliss-reactive ketones (excluding diaryl/α,β-unsaturated/α-hetero) is 2. The van der Waals surface area contributed by atoms with E-state index >= 15 is 0 Å². The van der Waals surface area contributed by atoms with Gasteiger partial charge in [-0.05, 0) is 68.6 Å². The Hall–Kier alpha value is -3.42. The molecule has 4 aliphatic rings. The van der Waals surface area contributed by atoms with Crippen LogP contribution in [0.1, 0.15) is 66.6 Å². The van der Waals surface area contributed by atoms with Crippen LogP contribution in [0.3, 0.4) is 0 Å². The number of aliphatic hydroxyl groups is 3. The van der Waals surface area contributed by atoms with E-state index in [0.29, 0.717) is 25.6 Å². The van der Waals surface area contributed by atoms with E-state index in [9.17, 15) is 48.0 Å². The Morgan fingerprint density at radius 1 is 1.19 bits per heavy atom. The van der Waals surface area contributed by atoms with E-state index in [-0.39, 0.29) is 24.6 Å². The fourth-order valence-corrected chi connectivity index (χ4v) is 6.80. The predicted octanol–water partition coefficient (Wildman–Crippen LogP) is 3.24. The number of ether oxygens (including phenoxy) is 1. The molecule has 10 nitrogen and oxygen atoms in total. The van der Waals surface area contributed by atoms with Crippen LogP contribution in [-0.4, -0.2) is 74.2 Å². The molecule has 1 aromatic rings. The second-order valence-electron chi connectivity index (χ2n) is 12.3. The summed E-state index contributed by atoms with van der Waals surface area (Å²) in [5.74, 6) is -8.40. The molecule has 0 aromatic heterocycles. The first-order valence-corrected chi connectivity index (χ1v) is 14.3. The third-order valence-electron chi connectivity index (χ3n) is 8.90. The van der Waals surface area contributed by atoms with Crippen LogP contribution in [0.15, 0.2) is 28.7 Å². The van der Waals surface area contributed by atoms with Gasteiger partial charge in [-0.3, -0.25) is 19.3 Å². The molecule has 3 atom stereocenters. The lowest BCUT2D eigenvalue weighted by Gasteiger charge is -2.45. The van der Waals surface area contributed by atoms with Crippen LogP contribution in [0.4, 0.5) is 13.2 Å². The third-order valence-corrected chi connectivity index (χ3v) is 8.90. The zero-order chi connectivity index (χ0) is 31.6. The second kappa shape index (κ2) is 10.9. The Bertz CT molecular complexity index is 1450. The van der Waals surface area contributed by atoms with Crippen molar-refractivity contribution in [2.24, 2.45) is 23.5 Å². The molecule has 6 N–H and O–H groups in total. The van der Waals surface area contributed by atoms with E-state index in [4.69, 9.17) is 10.5 Å². The van der Waals surface area contributed by atoms with Crippen LogP contribution in [-0.2, 0) is 33.5 Å². The highest BCUT2D eigenvalue weighted by atomic mass is 19.4. The van der Waals surface area contributed by atoms with Crippen molar-refractivity contribution in [2.75, 3.05) is 19.7 Å². The van der Waals surface area contributed by atoms with E-state index in [1.54, 1.807) is 0 Å². The number of hydrogen-bond acceptors (Lipinski definition) is 9. The highest BCUT2D eigenvalue weighted by Crippen LogP contribution is 2.53. The van der Waals surface area contributed by atoms with Gasteiger partial charge in [0.25, 0.3) is 5.91 Å². The quantitative estimate of drug-likeness (QED) is 0.264. The van der Waals surface area contributed by atoms with Gasteiger partial charge in [-0.25, -0.2) is 0 Å². The van der Waals surface area contributed by atoms with E-state index in [2.05, 4.69) is 0 Å². The number of hydrogen-bond donors (Lipinski definition) is 5. The van der Waals surface area contributed by atoms with Gasteiger partial charge in [0.1, 0.15) is 22.8 Å². The number of fused-ring (bicyclic) bond motifs is 3. The number of carbonyl (C=O) groups is 3. The fourth-order valence-electron chi connectivity index (χ4n) is 6.80. The Kier molecular flexibility index (Phi) is 7.89. The SMILES string of the molecule is CC(C)OCCN(Cc1cc(O)c2c(c1C(F)(F)F)CC1C[C@H]3CC(O)=C(C(N)=O)C(=O)[C@@]3(O)C(O)=C1C2=O)CC1CC1. The molecule has 0 aliphatic heterocycles. The van der Waals surface area contributed by atoms with Crippen LogP contribution in [0.5, 0.6) is 5.75 Å². The van der Waals surface area contributed by atoms with E-state index in [1.807, 2.05) is 18.7 Å². The summed E-state index contributed by atoms with van der Waals surface area (Å²) in [6.45, 7) is 4.79.